The monoisotopic (exact) mass is 957 g/mol. The minimum absolute atomic E-state index is 0.0683. The molecule has 0 saturated heterocycles. The number of hydrogen-bond acceptors (Lipinski definition) is 6. The molecule has 0 radical (unpaired) electrons. The van der Waals surface area contributed by atoms with E-state index in [0.29, 0.717) is 19.3 Å². The molecule has 0 saturated carbocycles. The van der Waals surface area contributed by atoms with Gasteiger partial charge in [-0.2, -0.15) is 0 Å². The van der Waals surface area contributed by atoms with Gasteiger partial charge in [0, 0.05) is 19.3 Å². The van der Waals surface area contributed by atoms with Crippen molar-refractivity contribution in [3.05, 3.63) is 24.3 Å². The van der Waals surface area contributed by atoms with Crippen molar-refractivity contribution in [1.29, 1.82) is 0 Å². The molecule has 6 nitrogen and oxygen atoms in total. The molecule has 68 heavy (non-hydrogen) atoms. The number of rotatable bonds is 56. The number of hydrogen-bond donors (Lipinski definition) is 0. The molecule has 0 aromatic heterocycles. The first-order chi connectivity index (χ1) is 33.5. The fourth-order valence-electron chi connectivity index (χ4n) is 9.08. The van der Waals surface area contributed by atoms with Gasteiger partial charge in [-0.3, -0.25) is 14.4 Å². The molecule has 0 aliphatic rings. The van der Waals surface area contributed by atoms with Crippen LogP contribution in [-0.2, 0) is 28.6 Å². The maximum Gasteiger partial charge on any atom is 0.306 e. The Morgan fingerprint density at radius 3 is 0.735 bits per heavy atom. The average Bonchev–Trinajstić information content (AvgIpc) is 3.34. The van der Waals surface area contributed by atoms with Gasteiger partial charge in [0.05, 0.1) is 0 Å². The second kappa shape index (κ2) is 57.5. The van der Waals surface area contributed by atoms with E-state index in [1.54, 1.807) is 0 Å². The van der Waals surface area contributed by atoms with Crippen molar-refractivity contribution in [2.45, 2.75) is 341 Å². The van der Waals surface area contributed by atoms with Crippen LogP contribution in [0.25, 0.3) is 0 Å². The summed E-state index contributed by atoms with van der Waals surface area (Å²) in [4.78, 5) is 38.0. The lowest BCUT2D eigenvalue weighted by Crippen LogP contribution is -2.30. The molecule has 0 rings (SSSR count). The topological polar surface area (TPSA) is 78.9 Å². The minimum atomic E-state index is -0.768. The smallest absolute Gasteiger partial charge is 0.306 e. The number of unbranched alkanes of at least 4 members (excludes halogenated alkanes) is 41. The lowest BCUT2D eigenvalue weighted by molar-refractivity contribution is -0.167. The Balaban J connectivity index is 4.16. The van der Waals surface area contributed by atoms with Crippen molar-refractivity contribution in [2.24, 2.45) is 0 Å². The van der Waals surface area contributed by atoms with Gasteiger partial charge in [-0.25, -0.2) is 0 Å². The van der Waals surface area contributed by atoms with E-state index in [0.717, 1.165) is 57.8 Å². The van der Waals surface area contributed by atoms with Crippen LogP contribution in [0.3, 0.4) is 0 Å². The highest BCUT2D eigenvalue weighted by molar-refractivity contribution is 5.71. The van der Waals surface area contributed by atoms with Crippen LogP contribution in [0.15, 0.2) is 24.3 Å². The lowest BCUT2D eigenvalue weighted by Gasteiger charge is -2.18. The zero-order valence-electron chi connectivity index (χ0n) is 45.9. The maximum atomic E-state index is 12.8. The van der Waals surface area contributed by atoms with Gasteiger partial charge < -0.3 is 14.2 Å². The Kier molecular flexibility index (Phi) is 55.7. The molecular formula is C62H116O6. The number of carbonyl (C=O) groups is 3. The predicted octanol–water partition coefficient (Wildman–Crippen LogP) is 20.3. The van der Waals surface area contributed by atoms with Crippen molar-refractivity contribution < 1.29 is 28.6 Å². The van der Waals surface area contributed by atoms with Crippen molar-refractivity contribution in [2.75, 3.05) is 13.2 Å². The Hall–Kier alpha value is -2.11. The highest BCUT2D eigenvalue weighted by atomic mass is 16.6. The first kappa shape index (κ1) is 65.9. The molecule has 1 atom stereocenters. The quantitative estimate of drug-likeness (QED) is 0.0262. The number of allylic oxidation sites excluding steroid dienone is 4. The van der Waals surface area contributed by atoms with Crippen molar-refractivity contribution >= 4 is 17.9 Å². The zero-order chi connectivity index (χ0) is 49.3. The van der Waals surface area contributed by atoms with Gasteiger partial charge in [0.25, 0.3) is 0 Å². The fourth-order valence-corrected chi connectivity index (χ4v) is 9.08. The molecule has 6 heteroatoms. The highest BCUT2D eigenvalue weighted by Crippen LogP contribution is 2.17. The summed E-state index contributed by atoms with van der Waals surface area (Å²) in [7, 11) is 0. The second-order valence-electron chi connectivity index (χ2n) is 20.6. The van der Waals surface area contributed by atoms with Crippen LogP contribution < -0.4 is 0 Å². The Labute approximate surface area is 423 Å². The van der Waals surface area contributed by atoms with Crippen molar-refractivity contribution in [1.82, 2.24) is 0 Å². The number of carbonyl (C=O) groups excluding carboxylic acids is 3. The van der Waals surface area contributed by atoms with Crippen LogP contribution in [0.4, 0.5) is 0 Å². The standard InChI is InChI=1S/C62H116O6/c1-4-7-10-13-16-19-21-23-25-27-29-30-31-32-34-35-37-39-41-43-46-49-52-55-61(64)67-58-59(57-66-60(63)54-51-48-45-18-15-12-9-6-3)68-62(65)56-53-50-47-44-42-40-38-36-33-28-26-24-22-20-17-14-11-8-5-2/h24,26-27,29,59H,4-23,25,28,30-58H2,1-3H3/b26-24-,29-27-. The largest absolute Gasteiger partial charge is 0.462 e. The van der Waals surface area contributed by atoms with Gasteiger partial charge in [0.2, 0.25) is 0 Å². The molecule has 0 aromatic carbocycles. The predicted molar refractivity (Wildman–Crippen MR) is 293 cm³/mol. The average molecular weight is 958 g/mol. The van der Waals surface area contributed by atoms with E-state index >= 15 is 0 Å². The summed E-state index contributed by atoms with van der Waals surface area (Å²) in [5.41, 5.74) is 0. The Morgan fingerprint density at radius 2 is 0.485 bits per heavy atom. The van der Waals surface area contributed by atoms with E-state index < -0.39 is 6.10 Å². The van der Waals surface area contributed by atoms with Gasteiger partial charge in [0.1, 0.15) is 13.2 Å². The fraction of sp³-hybridized carbons (Fsp3) is 0.887. The first-order valence-electron chi connectivity index (χ1n) is 30.3. The van der Waals surface area contributed by atoms with E-state index in [9.17, 15) is 14.4 Å². The van der Waals surface area contributed by atoms with Crippen LogP contribution in [0.1, 0.15) is 335 Å². The summed E-state index contributed by atoms with van der Waals surface area (Å²) in [6.07, 6.45) is 67.6. The molecule has 0 fully saturated rings. The van der Waals surface area contributed by atoms with Gasteiger partial charge in [-0.05, 0) is 70.6 Å². The number of esters is 3. The van der Waals surface area contributed by atoms with Gasteiger partial charge in [0.15, 0.2) is 6.10 Å². The lowest BCUT2D eigenvalue weighted by atomic mass is 10.0. The zero-order valence-corrected chi connectivity index (χ0v) is 45.9. The van der Waals surface area contributed by atoms with E-state index in [1.165, 1.54) is 238 Å². The highest BCUT2D eigenvalue weighted by Gasteiger charge is 2.19. The van der Waals surface area contributed by atoms with E-state index in [2.05, 4.69) is 45.1 Å². The summed E-state index contributed by atoms with van der Waals surface area (Å²) in [5, 5.41) is 0. The molecule has 0 amide bonds. The summed E-state index contributed by atoms with van der Waals surface area (Å²) in [6.45, 7) is 6.65. The second-order valence-corrected chi connectivity index (χ2v) is 20.6. The van der Waals surface area contributed by atoms with E-state index in [4.69, 9.17) is 14.2 Å². The SMILES string of the molecule is CCCCCCCC/C=C\CCCCCCCCCCCC(=O)OC(COC(=O)CCCCCCCCCC)COC(=O)CCCCCCCCCCCCC/C=C\CCCCCCCCCC. The molecular weight excluding hydrogens is 841 g/mol. The third-order valence-electron chi connectivity index (χ3n) is 13.7. The Morgan fingerprint density at radius 1 is 0.279 bits per heavy atom. The molecule has 0 spiro atoms. The van der Waals surface area contributed by atoms with Gasteiger partial charge >= 0.3 is 17.9 Å². The minimum Gasteiger partial charge on any atom is -0.462 e. The van der Waals surface area contributed by atoms with Crippen LogP contribution in [0.5, 0.6) is 0 Å². The molecule has 400 valence electrons. The summed E-state index contributed by atoms with van der Waals surface area (Å²) >= 11 is 0. The molecule has 0 aromatic rings. The van der Waals surface area contributed by atoms with Crippen LogP contribution in [0.2, 0.25) is 0 Å². The molecule has 0 aliphatic heterocycles. The first-order valence-corrected chi connectivity index (χ1v) is 30.3. The Bertz CT molecular complexity index is 1100. The third kappa shape index (κ3) is 54.8. The maximum absolute atomic E-state index is 12.8. The molecule has 0 bridgehead atoms. The normalized spacial score (nSPS) is 12.1. The molecule has 0 heterocycles. The van der Waals surface area contributed by atoms with Crippen LogP contribution >= 0.6 is 0 Å². The molecule has 1 unspecified atom stereocenters. The van der Waals surface area contributed by atoms with E-state index in [1.807, 2.05) is 0 Å². The summed E-state index contributed by atoms with van der Waals surface area (Å²) in [6, 6.07) is 0. The number of ether oxygens (including phenoxy) is 3. The summed E-state index contributed by atoms with van der Waals surface area (Å²) in [5.74, 6) is -0.856. The van der Waals surface area contributed by atoms with Crippen LogP contribution in [-0.4, -0.2) is 37.2 Å². The van der Waals surface area contributed by atoms with Gasteiger partial charge in [-0.15, -0.1) is 0 Å². The van der Waals surface area contributed by atoms with Crippen molar-refractivity contribution in [3.63, 3.8) is 0 Å². The molecule has 0 aliphatic carbocycles. The summed E-state index contributed by atoms with van der Waals surface area (Å²) < 4.78 is 16.8. The third-order valence-corrected chi connectivity index (χ3v) is 13.7. The van der Waals surface area contributed by atoms with E-state index in [-0.39, 0.29) is 31.1 Å². The van der Waals surface area contributed by atoms with Crippen LogP contribution in [0, 0.1) is 0 Å². The molecule has 0 N–H and O–H groups in total. The van der Waals surface area contributed by atoms with Gasteiger partial charge in [-0.1, -0.05) is 270 Å². The van der Waals surface area contributed by atoms with Crippen molar-refractivity contribution in [3.8, 4) is 0 Å².